The molecule has 7 nitrogen and oxygen atoms in total. The first-order chi connectivity index (χ1) is 9.74. The first-order valence-corrected chi connectivity index (χ1v) is 7.04. The zero-order valence-electron chi connectivity index (χ0n) is 12.0. The van der Waals surface area contributed by atoms with Gasteiger partial charge in [-0.05, 0) is 25.7 Å². The van der Waals surface area contributed by atoms with Gasteiger partial charge in [-0.2, -0.15) is 15.1 Å². The molecule has 0 bridgehead atoms. The molecule has 0 aliphatic carbocycles. The van der Waals surface area contributed by atoms with Crippen molar-refractivity contribution in [3.8, 4) is 0 Å². The molecule has 0 aromatic carbocycles. The zero-order chi connectivity index (χ0) is 14.4. The van der Waals surface area contributed by atoms with Gasteiger partial charge in [0.1, 0.15) is 5.82 Å². The number of fused-ring (bicyclic) bond motifs is 1. The van der Waals surface area contributed by atoms with Crippen molar-refractivity contribution in [3.63, 3.8) is 0 Å². The van der Waals surface area contributed by atoms with E-state index in [-0.39, 0.29) is 6.61 Å². The van der Waals surface area contributed by atoms with Crippen molar-refractivity contribution < 1.29 is 5.11 Å². The summed E-state index contributed by atoms with van der Waals surface area (Å²) in [7, 11) is 0. The van der Waals surface area contributed by atoms with E-state index in [0.717, 1.165) is 42.8 Å². The Kier molecular flexibility index (Phi) is 5.11. The highest BCUT2D eigenvalue weighted by molar-refractivity contribution is 5.86. The Balaban J connectivity index is 2.02. The molecule has 2 aromatic heterocycles. The van der Waals surface area contributed by atoms with Crippen LogP contribution < -0.4 is 10.6 Å². The number of nitrogens with zero attached hydrogens (tertiary/aromatic N) is 3. The summed E-state index contributed by atoms with van der Waals surface area (Å²) in [5.74, 6) is 1.72. The molecule has 1 atom stereocenters. The molecule has 2 heterocycles. The predicted molar refractivity (Wildman–Crippen MR) is 79.8 cm³/mol. The summed E-state index contributed by atoms with van der Waals surface area (Å²) in [6.07, 6.45) is 3.70. The largest absolute Gasteiger partial charge is 0.396 e. The summed E-state index contributed by atoms with van der Waals surface area (Å²) in [6, 6.07) is 0. The topological polar surface area (TPSA) is 98.8 Å². The number of aliphatic hydroxyl groups is 1. The molecule has 2 rings (SSSR count). The Hall–Kier alpha value is -1.89. The molecule has 0 radical (unpaired) electrons. The Labute approximate surface area is 118 Å². The fourth-order valence-corrected chi connectivity index (χ4v) is 1.96. The van der Waals surface area contributed by atoms with Crippen LogP contribution in [0.1, 0.15) is 26.7 Å². The number of aromatic nitrogens is 4. The van der Waals surface area contributed by atoms with Crippen LogP contribution in [0.5, 0.6) is 0 Å². The maximum absolute atomic E-state index is 9.00. The second-order valence-corrected chi connectivity index (χ2v) is 4.92. The first-order valence-electron chi connectivity index (χ1n) is 7.04. The Morgan fingerprint density at radius 1 is 1.35 bits per heavy atom. The Bertz CT molecular complexity index is 541. The van der Waals surface area contributed by atoms with Gasteiger partial charge < -0.3 is 15.7 Å². The van der Waals surface area contributed by atoms with Gasteiger partial charge in [-0.15, -0.1) is 0 Å². The molecule has 0 amide bonds. The molecule has 0 aliphatic rings. The standard InChI is InChI=1S/C13H22N6O/c1-3-14-13-17-11(10-7-16-19-12(10)18-13)15-6-4-5-9(2)8-20/h7,9,20H,3-6,8H2,1-2H3,(H3,14,15,16,17,18,19). The van der Waals surface area contributed by atoms with Crippen LogP contribution >= 0.6 is 0 Å². The minimum absolute atomic E-state index is 0.240. The van der Waals surface area contributed by atoms with Crippen molar-refractivity contribution in [2.45, 2.75) is 26.7 Å². The maximum atomic E-state index is 9.00. The highest BCUT2D eigenvalue weighted by atomic mass is 16.3. The third-order valence-electron chi connectivity index (χ3n) is 3.12. The minimum Gasteiger partial charge on any atom is -0.396 e. The van der Waals surface area contributed by atoms with Crippen LogP contribution in [0.15, 0.2) is 6.20 Å². The number of rotatable bonds is 8. The van der Waals surface area contributed by atoms with Crippen LogP contribution in [-0.2, 0) is 0 Å². The van der Waals surface area contributed by atoms with Crippen molar-refractivity contribution >= 4 is 22.8 Å². The van der Waals surface area contributed by atoms with E-state index >= 15 is 0 Å². The van der Waals surface area contributed by atoms with E-state index in [1.165, 1.54) is 0 Å². The van der Waals surface area contributed by atoms with Gasteiger partial charge in [0, 0.05) is 19.7 Å². The van der Waals surface area contributed by atoms with Gasteiger partial charge in [-0.25, -0.2) is 0 Å². The number of H-pyrrole nitrogens is 1. The molecule has 0 aliphatic heterocycles. The normalized spacial score (nSPS) is 12.6. The van der Waals surface area contributed by atoms with E-state index in [1.807, 2.05) is 13.8 Å². The zero-order valence-corrected chi connectivity index (χ0v) is 12.0. The minimum atomic E-state index is 0.240. The van der Waals surface area contributed by atoms with Gasteiger partial charge in [0.05, 0.1) is 11.6 Å². The lowest BCUT2D eigenvalue weighted by Crippen LogP contribution is -2.09. The van der Waals surface area contributed by atoms with E-state index in [9.17, 15) is 0 Å². The predicted octanol–water partition coefficient (Wildman–Crippen LogP) is 1.61. The average molecular weight is 278 g/mol. The fourth-order valence-electron chi connectivity index (χ4n) is 1.96. The number of hydrogen-bond donors (Lipinski definition) is 4. The SMILES string of the molecule is CCNc1nc(NCCCC(C)CO)c2cn[nH]c2n1. The van der Waals surface area contributed by atoms with E-state index in [0.29, 0.717) is 11.9 Å². The lowest BCUT2D eigenvalue weighted by atomic mass is 10.1. The van der Waals surface area contributed by atoms with Gasteiger partial charge in [0.2, 0.25) is 5.95 Å². The monoisotopic (exact) mass is 278 g/mol. The van der Waals surface area contributed by atoms with Gasteiger partial charge in [0.25, 0.3) is 0 Å². The van der Waals surface area contributed by atoms with Gasteiger partial charge in [-0.1, -0.05) is 6.92 Å². The Morgan fingerprint density at radius 3 is 2.95 bits per heavy atom. The molecule has 1 unspecified atom stereocenters. The molecule has 0 spiro atoms. The summed E-state index contributed by atoms with van der Waals surface area (Å²) in [5, 5.41) is 23.2. The molecule has 0 saturated heterocycles. The highest BCUT2D eigenvalue weighted by Crippen LogP contribution is 2.20. The molecule has 0 saturated carbocycles. The average Bonchev–Trinajstić information content (AvgIpc) is 2.91. The smallest absolute Gasteiger partial charge is 0.226 e. The van der Waals surface area contributed by atoms with Crippen molar-refractivity contribution in [1.82, 2.24) is 20.2 Å². The molecule has 20 heavy (non-hydrogen) atoms. The number of aromatic amines is 1. The summed E-state index contributed by atoms with van der Waals surface area (Å²) < 4.78 is 0. The summed E-state index contributed by atoms with van der Waals surface area (Å²) >= 11 is 0. The van der Waals surface area contributed by atoms with Crippen molar-refractivity contribution in [1.29, 1.82) is 0 Å². The van der Waals surface area contributed by atoms with E-state index in [4.69, 9.17) is 5.11 Å². The van der Waals surface area contributed by atoms with Crippen molar-refractivity contribution in [3.05, 3.63) is 6.20 Å². The van der Waals surface area contributed by atoms with Crippen LogP contribution in [0.4, 0.5) is 11.8 Å². The highest BCUT2D eigenvalue weighted by Gasteiger charge is 2.09. The molecular weight excluding hydrogens is 256 g/mol. The van der Waals surface area contributed by atoms with Gasteiger partial charge in [0.15, 0.2) is 5.65 Å². The number of aliphatic hydroxyl groups excluding tert-OH is 1. The molecule has 4 N–H and O–H groups in total. The van der Waals surface area contributed by atoms with E-state index < -0.39 is 0 Å². The number of anilines is 2. The third-order valence-corrected chi connectivity index (χ3v) is 3.12. The summed E-state index contributed by atoms with van der Waals surface area (Å²) in [6.45, 7) is 5.87. The molecule has 110 valence electrons. The lowest BCUT2D eigenvalue weighted by molar-refractivity contribution is 0.229. The van der Waals surface area contributed by atoms with Gasteiger partial charge >= 0.3 is 0 Å². The van der Waals surface area contributed by atoms with Crippen LogP contribution in [0, 0.1) is 5.92 Å². The fraction of sp³-hybridized carbons (Fsp3) is 0.615. The molecule has 2 aromatic rings. The van der Waals surface area contributed by atoms with Crippen molar-refractivity contribution in [2.75, 3.05) is 30.3 Å². The number of nitrogens with one attached hydrogen (secondary N) is 3. The molecule has 7 heteroatoms. The van der Waals surface area contributed by atoms with Crippen LogP contribution in [0.2, 0.25) is 0 Å². The van der Waals surface area contributed by atoms with E-state index in [2.05, 4.69) is 30.8 Å². The number of hydrogen-bond acceptors (Lipinski definition) is 6. The maximum Gasteiger partial charge on any atom is 0.226 e. The summed E-state index contributed by atoms with van der Waals surface area (Å²) in [4.78, 5) is 8.80. The molecular formula is C13H22N6O. The van der Waals surface area contributed by atoms with Gasteiger partial charge in [-0.3, -0.25) is 5.10 Å². The van der Waals surface area contributed by atoms with Crippen LogP contribution in [-0.4, -0.2) is 45.0 Å². The van der Waals surface area contributed by atoms with Crippen molar-refractivity contribution in [2.24, 2.45) is 5.92 Å². The third kappa shape index (κ3) is 3.57. The van der Waals surface area contributed by atoms with Crippen LogP contribution in [0.3, 0.4) is 0 Å². The van der Waals surface area contributed by atoms with E-state index in [1.54, 1.807) is 6.20 Å². The van der Waals surface area contributed by atoms with Crippen LogP contribution in [0.25, 0.3) is 11.0 Å². The first kappa shape index (κ1) is 14.5. The molecule has 0 fully saturated rings. The second-order valence-electron chi connectivity index (χ2n) is 4.92. The second kappa shape index (κ2) is 7.04. The Morgan fingerprint density at radius 2 is 2.20 bits per heavy atom. The summed E-state index contributed by atoms with van der Waals surface area (Å²) in [5.41, 5.74) is 0.724. The quantitative estimate of drug-likeness (QED) is 0.547. The lowest BCUT2D eigenvalue weighted by Gasteiger charge is -2.10.